The minimum Gasteiger partial charge on any atom is -0.378 e. The van der Waals surface area contributed by atoms with Crippen LogP contribution in [0, 0.1) is 5.92 Å². The van der Waals surface area contributed by atoms with E-state index in [0.29, 0.717) is 25.7 Å². The Morgan fingerprint density at radius 3 is 2.88 bits per heavy atom. The summed E-state index contributed by atoms with van der Waals surface area (Å²) in [4.78, 5) is 14.6. The third kappa shape index (κ3) is 4.47. The van der Waals surface area contributed by atoms with Gasteiger partial charge < -0.3 is 10.1 Å². The molecule has 2 fully saturated rings. The normalized spacial score (nSPS) is 23.0. The molecule has 3 rings (SSSR count). The van der Waals surface area contributed by atoms with Gasteiger partial charge in [0.05, 0.1) is 25.1 Å². The van der Waals surface area contributed by atoms with E-state index in [-0.39, 0.29) is 11.6 Å². The van der Waals surface area contributed by atoms with E-state index in [9.17, 15) is 18.0 Å². The van der Waals surface area contributed by atoms with Gasteiger partial charge in [0.2, 0.25) is 5.91 Å². The summed E-state index contributed by atoms with van der Waals surface area (Å²) in [6.45, 7) is 1.29. The average Bonchev–Trinajstić information content (AvgIpc) is 2.88. The van der Waals surface area contributed by atoms with Crippen molar-refractivity contribution in [3.8, 4) is 0 Å². The van der Waals surface area contributed by atoms with Gasteiger partial charge in [-0.15, -0.1) is 0 Å². The maximum Gasteiger partial charge on any atom is 0.408 e. The van der Waals surface area contributed by atoms with Crippen molar-refractivity contribution in [2.24, 2.45) is 5.92 Å². The Morgan fingerprint density at radius 2 is 2.21 bits per heavy atom. The number of halogens is 3. The predicted molar refractivity (Wildman–Crippen MR) is 80.4 cm³/mol. The molecule has 1 aliphatic carbocycles. The van der Waals surface area contributed by atoms with Crippen LogP contribution in [-0.2, 0) is 16.1 Å². The lowest BCUT2D eigenvalue weighted by atomic mass is 9.84. The highest BCUT2D eigenvalue weighted by atomic mass is 19.4. The molecule has 6 nitrogen and oxygen atoms in total. The number of morpholine rings is 1. The topological polar surface area (TPSA) is 59.4 Å². The lowest BCUT2D eigenvalue weighted by Crippen LogP contribution is -2.53. The van der Waals surface area contributed by atoms with Gasteiger partial charge >= 0.3 is 6.18 Å². The Balaban J connectivity index is 1.58. The Hall–Kier alpha value is -1.61. The Kier molecular flexibility index (Phi) is 5.09. The molecule has 0 spiro atoms. The molecule has 1 unspecified atom stereocenters. The molecule has 1 aromatic heterocycles. The smallest absolute Gasteiger partial charge is 0.378 e. The molecule has 24 heavy (non-hydrogen) atoms. The fraction of sp³-hybridized carbons (Fsp3) is 0.733. The largest absolute Gasteiger partial charge is 0.408 e. The molecule has 0 radical (unpaired) electrons. The van der Waals surface area contributed by atoms with Crippen molar-refractivity contribution in [3.05, 3.63) is 12.4 Å². The van der Waals surface area contributed by atoms with Crippen LogP contribution in [-0.4, -0.2) is 59.1 Å². The zero-order valence-corrected chi connectivity index (χ0v) is 13.3. The van der Waals surface area contributed by atoms with E-state index in [1.807, 2.05) is 0 Å². The summed E-state index contributed by atoms with van der Waals surface area (Å²) >= 11 is 0. The fourth-order valence-corrected chi connectivity index (χ4v) is 3.03. The SMILES string of the molecule is O=C(Nc1cnn(CC(F)(F)F)c1)C1COCCN1CC1CCC1. The standard InChI is InChI=1S/C15H21F3N4O2/c16-15(17,18)10-22-8-12(6-19-22)20-14(23)13-9-24-5-4-21(13)7-11-2-1-3-11/h6,8,11,13H,1-5,7,9-10H2,(H,20,23). The molecule has 9 heteroatoms. The first kappa shape index (κ1) is 17.2. The number of amides is 1. The van der Waals surface area contributed by atoms with Crippen molar-refractivity contribution in [3.63, 3.8) is 0 Å². The van der Waals surface area contributed by atoms with Gasteiger partial charge in [-0.3, -0.25) is 14.4 Å². The first-order chi connectivity index (χ1) is 11.4. The number of ether oxygens (including phenoxy) is 1. The van der Waals surface area contributed by atoms with Gasteiger partial charge in [-0.2, -0.15) is 18.3 Å². The molecule has 2 aliphatic rings. The highest BCUT2D eigenvalue weighted by Crippen LogP contribution is 2.28. The summed E-state index contributed by atoms with van der Waals surface area (Å²) in [7, 11) is 0. The molecule has 1 aromatic rings. The van der Waals surface area contributed by atoms with Crippen molar-refractivity contribution in [1.82, 2.24) is 14.7 Å². The van der Waals surface area contributed by atoms with Crippen molar-refractivity contribution < 1.29 is 22.7 Å². The summed E-state index contributed by atoms with van der Waals surface area (Å²) in [6, 6.07) is -0.412. The van der Waals surface area contributed by atoms with Crippen molar-refractivity contribution in [2.75, 3.05) is 31.6 Å². The minimum atomic E-state index is -4.34. The van der Waals surface area contributed by atoms with Crippen LogP contribution in [0.4, 0.5) is 18.9 Å². The van der Waals surface area contributed by atoms with Crippen LogP contribution in [0.25, 0.3) is 0 Å². The zero-order valence-electron chi connectivity index (χ0n) is 13.3. The molecule has 2 heterocycles. The molecule has 1 N–H and O–H groups in total. The highest BCUT2D eigenvalue weighted by Gasteiger charge is 2.33. The third-order valence-corrected chi connectivity index (χ3v) is 4.50. The number of nitrogens with one attached hydrogen (secondary N) is 1. The van der Waals surface area contributed by atoms with Crippen LogP contribution in [0.3, 0.4) is 0 Å². The van der Waals surface area contributed by atoms with E-state index < -0.39 is 18.8 Å². The van der Waals surface area contributed by atoms with Crippen LogP contribution in [0.15, 0.2) is 12.4 Å². The van der Waals surface area contributed by atoms with E-state index in [0.717, 1.165) is 11.2 Å². The number of aromatic nitrogens is 2. The molecular weight excluding hydrogens is 325 g/mol. The molecule has 0 aromatic carbocycles. The first-order valence-electron chi connectivity index (χ1n) is 8.12. The molecule has 1 saturated heterocycles. The van der Waals surface area contributed by atoms with E-state index in [1.165, 1.54) is 31.7 Å². The molecule has 1 aliphatic heterocycles. The number of hydrogen-bond acceptors (Lipinski definition) is 4. The summed E-state index contributed by atoms with van der Waals surface area (Å²) < 4.78 is 43.2. The minimum absolute atomic E-state index is 0.262. The molecule has 134 valence electrons. The van der Waals surface area contributed by atoms with Gasteiger partial charge in [-0.25, -0.2) is 0 Å². The number of hydrogen-bond donors (Lipinski definition) is 1. The second-order valence-electron chi connectivity index (χ2n) is 6.41. The number of nitrogens with zero attached hydrogens (tertiary/aromatic N) is 3. The van der Waals surface area contributed by atoms with Crippen LogP contribution in [0.1, 0.15) is 19.3 Å². The van der Waals surface area contributed by atoms with Gasteiger partial charge in [0.25, 0.3) is 0 Å². The number of carbonyl (C=O) groups is 1. The number of rotatable bonds is 5. The maximum atomic E-state index is 12.5. The molecule has 1 saturated carbocycles. The van der Waals surface area contributed by atoms with E-state index in [1.54, 1.807) is 0 Å². The molecule has 1 atom stereocenters. The molecule has 0 bridgehead atoms. The molecular formula is C15H21F3N4O2. The van der Waals surface area contributed by atoms with Gasteiger partial charge in [0.15, 0.2) is 0 Å². The van der Waals surface area contributed by atoms with Gasteiger partial charge in [-0.05, 0) is 18.8 Å². The van der Waals surface area contributed by atoms with Crippen LogP contribution < -0.4 is 5.32 Å². The van der Waals surface area contributed by atoms with Crippen LogP contribution in [0.2, 0.25) is 0 Å². The van der Waals surface area contributed by atoms with Crippen LogP contribution >= 0.6 is 0 Å². The summed E-state index contributed by atoms with van der Waals surface area (Å²) in [5, 5.41) is 6.27. The summed E-state index contributed by atoms with van der Waals surface area (Å²) in [6.07, 6.45) is 1.69. The van der Waals surface area contributed by atoms with Crippen molar-refractivity contribution in [1.29, 1.82) is 0 Å². The van der Waals surface area contributed by atoms with Gasteiger partial charge in [-0.1, -0.05) is 6.42 Å². The maximum absolute atomic E-state index is 12.5. The number of carbonyl (C=O) groups excluding carboxylic acids is 1. The molecule has 1 amide bonds. The summed E-state index contributed by atoms with van der Waals surface area (Å²) in [5.74, 6) is 0.369. The van der Waals surface area contributed by atoms with Crippen molar-refractivity contribution >= 4 is 11.6 Å². The Bertz CT molecular complexity index is 571. The summed E-state index contributed by atoms with van der Waals surface area (Å²) in [5.41, 5.74) is 0.262. The highest BCUT2D eigenvalue weighted by molar-refractivity contribution is 5.94. The predicted octanol–water partition coefficient (Wildman–Crippen LogP) is 1.88. The van der Waals surface area contributed by atoms with E-state index >= 15 is 0 Å². The quantitative estimate of drug-likeness (QED) is 0.885. The monoisotopic (exact) mass is 346 g/mol. The first-order valence-corrected chi connectivity index (χ1v) is 8.12. The average molecular weight is 346 g/mol. The number of alkyl halides is 3. The van der Waals surface area contributed by atoms with Gasteiger partial charge in [0, 0.05) is 19.3 Å². The Labute approximate surface area is 137 Å². The van der Waals surface area contributed by atoms with Crippen LogP contribution in [0.5, 0.6) is 0 Å². The van der Waals surface area contributed by atoms with E-state index in [4.69, 9.17) is 4.74 Å². The number of anilines is 1. The third-order valence-electron chi connectivity index (χ3n) is 4.50. The lowest BCUT2D eigenvalue weighted by Gasteiger charge is -2.39. The van der Waals surface area contributed by atoms with Crippen molar-refractivity contribution in [2.45, 2.75) is 38.0 Å². The van der Waals surface area contributed by atoms with Gasteiger partial charge in [0.1, 0.15) is 12.6 Å². The zero-order chi connectivity index (χ0) is 17.2. The lowest BCUT2D eigenvalue weighted by molar-refractivity contribution is -0.142. The Morgan fingerprint density at radius 1 is 1.42 bits per heavy atom. The van der Waals surface area contributed by atoms with E-state index in [2.05, 4.69) is 15.3 Å². The fourth-order valence-electron chi connectivity index (χ4n) is 3.03. The second kappa shape index (κ2) is 7.10. The second-order valence-corrected chi connectivity index (χ2v) is 6.41.